The molecule has 1 aromatic carbocycles. The maximum atomic E-state index is 10.7. The zero-order chi connectivity index (χ0) is 13.0. The first kappa shape index (κ1) is 12.9. The maximum absolute atomic E-state index is 10.7. The molecule has 0 bridgehead atoms. The molecule has 1 aromatic rings. The molecule has 1 amide bonds. The number of hydrogen-bond donors (Lipinski definition) is 1. The molecule has 0 saturated carbocycles. The SMILES string of the molecule is CN1CCN(Cc2cccc(OC(N)=O)c2)CC1. The van der Waals surface area contributed by atoms with Crippen molar-refractivity contribution in [1.29, 1.82) is 0 Å². The summed E-state index contributed by atoms with van der Waals surface area (Å²) in [5, 5.41) is 0. The fourth-order valence-electron chi connectivity index (χ4n) is 2.09. The van der Waals surface area contributed by atoms with Gasteiger partial charge in [0.1, 0.15) is 5.75 Å². The van der Waals surface area contributed by atoms with Crippen LogP contribution in [0.25, 0.3) is 0 Å². The van der Waals surface area contributed by atoms with Crippen LogP contribution in [0.1, 0.15) is 5.56 Å². The number of benzene rings is 1. The van der Waals surface area contributed by atoms with E-state index in [-0.39, 0.29) is 0 Å². The van der Waals surface area contributed by atoms with Crippen molar-refractivity contribution >= 4 is 6.09 Å². The summed E-state index contributed by atoms with van der Waals surface area (Å²) in [6.07, 6.45) is -0.772. The molecule has 5 heteroatoms. The molecule has 0 spiro atoms. The van der Waals surface area contributed by atoms with Crippen molar-refractivity contribution in [2.24, 2.45) is 5.73 Å². The van der Waals surface area contributed by atoms with Gasteiger partial charge in [0.15, 0.2) is 0 Å². The summed E-state index contributed by atoms with van der Waals surface area (Å²) >= 11 is 0. The van der Waals surface area contributed by atoms with Gasteiger partial charge in [-0.3, -0.25) is 4.90 Å². The highest BCUT2D eigenvalue weighted by molar-refractivity contribution is 5.68. The number of carbonyl (C=O) groups is 1. The number of rotatable bonds is 3. The Bertz CT molecular complexity index is 414. The molecule has 2 N–H and O–H groups in total. The molecule has 1 heterocycles. The molecule has 1 saturated heterocycles. The molecule has 18 heavy (non-hydrogen) atoms. The molecule has 1 fully saturated rings. The molecule has 5 nitrogen and oxygen atoms in total. The number of carbonyl (C=O) groups excluding carboxylic acids is 1. The number of piperazine rings is 1. The lowest BCUT2D eigenvalue weighted by molar-refractivity contribution is 0.148. The van der Waals surface area contributed by atoms with Gasteiger partial charge < -0.3 is 15.4 Å². The topological polar surface area (TPSA) is 58.8 Å². The van der Waals surface area contributed by atoms with Gasteiger partial charge in [-0.1, -0.05) is 12.1 Å². The molecule has 98 valence electrons. The maximum Gasteiger partial charge on any atom is 0.409 e. The minimum atomic E-state index is -0.772. The highest BCUT2D eigenvalue weighted by Crippen LogP contribution is 2.15. The average molecular weight is 249 g/mol. The van der Waals surface area contributed by atoms with Crippen LogP contribution in [-0.2, 0) is 6.54 Å². The van der Waals surface area contributed by atoms with Crippen LogP contribution in [0.15, 0.2) is 24.3 Å². The van der Waals surface area contributed by atoms with Gasteiger partial charge in [0.05, 0.1) is 0 Å². The second-order valence-electron chi connectivity index (χ2n) is 4.65. The van der Waals surface area contributed by atoms with Gasteiger partial charge in [0.2, 0.25) is 0 Å². The van der Waals surface area contributed by atoms with Crippen LogP contribution in [0.2, 0.25) is 0 Å². The van der Waals surface area contributed by atoms with Gasteiger partial charge in [-0.25, -0.2) is 4.79 Å². The van der Waals surface area contributed by atoms with Gasteiger partial charge in [-0.2, -0.15) is 0 Å². The first-order valence-electron chi connectivity index (χ1n) is 6.10. The molecule has 1 aliphatic heterocycles. The van der Waals surface area contributed by atoms with Gasteiger partial charge in [-0.15, -0.1) is 0 Å². The summed E-state index contributed by atoms with van der Waals surface area (Å²) in [7, 11) is 2.14. The largest absolute Gasteiger partial charge is 0.410 e. The van der Waals surface area contributed by atoms with Crippen molar-refractivity contribution in [3.05, 3.63) is 29.8 Å². The number of nitrogens with two attached hydrogens (primary N) is 1. The molecular formula is C13H19N3O2. The van der Waals surface area contributed by atoms with Crippen LogP contribution in [-0.4, -0.2) is 49.1 Å². The lowest BCUT2D eigenvalue weighted by Gasteiger charge is -2.32. The number of likely N-dealkylation sites (N-methyl/N-ethyl adjacent to an activating group) is 1. The Labute approximate surface area is 107 Å². The lowest BCUT2D eigenvalue weighted by Crippen LogP contribution is -2.43. The fourth-order valence-corrected chi connectivity index (χ4v) is 2.09. The first-order chi connectivity index (χ1) is 8.63. The van der Waals surface area contributed by atoms with Crippen LogP contribution in [0.5, 0.6) is 5.75 Å². The quantitative estimate of drug-likeness (QED) is 0.864. The summed E-state index contributed by atoms with van der Waals surface area (Å²) in [5.74, 6) is 0.508. The van der Waals surface area contributed by atoms with Crippen molar-refractivity contribution in [2.75, 3.05) is 33.2 Å². The molecule has 0 atom stereocenters. The first-order valence-corrected chi connectivity index (χ1v) is 6.10. The summed E-state index contributed by atoms with van der Waals surface area (Å²) in [5.41, 5.74) is 6.13. The van der Waals surface area contributed by atoms with E-state index in [0.717, 1.165) is 38.3 Å². The zero-order valence-electron chi connectivity index (χ0n) is 10.6. The van der Waals surface area contributed by atoms with E-state index in [9.17, 15) is 4.79 Å². The van der Waals surface area contributed by atoms with E-state index >= 15 is 0 Å². The fraction of sp³-hybridized carbons (Fsp3) is 0.462. The molecule has 0 aliphatic carbocycles. The van der Waals surface area contributed by atoms with Crippen molar-refractivity contribution in [2.45, 2.75) is 6.54 Å². The Morgan fingerprint density at radius 3 is 2.72 bits per heavy atom. The Hall–Kier alpha value is -1.59. The van der Waals surface area contributed by atoms with Crippen LogP contribution < -0.4 is 10.5 Å². The highest BCUT2D eigenvalue weighted by Gasteiger charge is 2.14. The van der Waals surface area contributed by atoms with Crippen LogP contribution in [0.3, 0.4) is 0 Å². The molecular weight excluding hydrogens is 230 g/mol. The monoisotopic (exact) mass is 249 g/mol. The van der Waals surface area contributed by atoms with E-state index in [1.807, 2.05) is 18.2 Å². The van der Waals surface area contributed by atoms with Gasteiger partial charge in [-0.05, 0) is 24.7 Å². The van der Waals surface area contributed by atoms with Gasteiger partial charge in [0, 0.05) is 32.7 Å². The Balaban J connectivity index is 1.94. The second kappa shape index (κ2) is 5.84. The predicted octanol–water partition coefficient (Wildman–Crippen LogP) is 0.892. The number of primary amides is 1. The normalized spacial score (nSPS) is 17.6. The Kier molecular flexibility index (Phi) is 4.17. The predicted molar refractivity (Wildman–Crippen MR) is 69.4 cm³/mol. The van der Waals surface area contributed by atoms with Gasteiger partial charge in [0.25, 0.3) is 0 Å². The molecule has 0 unspecified atom stereocenters. The van der Waals surface area contributed by atoms with Crippen LogP contribution >= 0.6 is 0 Å². The van der Waals surface area contributed by atoms with Crippen molar-refractivity contribution in [3.63, 3.8) is 0 Å². The zero-order valence-corrected chi connectivity index (χ0v) is 10.6. The smallest absolute Gasteiger partial charge is 0.409 e. The van der Waals surface area contributed by atoms with E-state index in [0.29, 0.717) is 5.75 Å². The number of amides is 1. The van der Waals surface area contributed by atoms with E-state index < -0.39 is 6.09 Å². The third kappa shape index (κ3) is 3.72. The summed E-state index contributed by atoms with van der Waals surface area (Å²) < 4.78 is 4.87. The minimum Gasteiger partial charge on any atom is -0.410 e. The van der Waals surface area contributed by atoms with E-state index in [4.69, 9.17) is 10.5 Å². The summed E-state index contributed by atoms with van der Waals surface area (Å²) in [6, 6.07) is 7.51. The third-order valence-electron chi connectivity index (χ3n) is 3.12. The molecule has 2 rings (SSSR count). The Morgan fingerprint density at radius 1 is 1.33 bits per heavy atom. The molecule has 1 aliphatic rings. The number of hydrogen-bond acceptors (Lipinski definition) is 4. The van der Waals surface area contributed by atoms with E-state index in [2.05, 4.69) is 16.8 Å². The standard InChI is InChI=1S/C13H19N3O2/c1-15-5-7-16(8-6-15)10-11-3-2-4-12(9-11)18-13(14)17/h2-4,9H,5-8,10H2,1H3,(H2,14,17). The van der Waals surface area contributed by atoms with E-state index in [1.54, 1.807) is 6.07 Å². The van der Waals surface area contributed by atoms with Crippen LogP contribution in [0, 0.1) is 0 Å². The van der Waals surface area contributed by atoms with Crippen molar-refractivity contribution in [1.82, 2.24) is 9.80 Å². The Morgan fingerprint density at radius 2 is 2.06 bits per heavy atom. The molecule has 0 aromatic heterocycles. The summed E-state index contributed by atoms with van der Waals surface area (Å²) in [4.78, 5) is 15.4. The average Bonchev–Trinajstić information content (AvgIpc) is 2.32. The minimum absolute atomic E-state index is 0.508. The highest BCUT2D eigenvalue weighted by atomic mass is 16.5. The van der Waals surface area contributed by atoms with Crippen molar-refractivity contribution in [3.8, 4) is 5.75 Å². The lowest BCUT2D eigenvalue weighted by atomic mass is 10.2. The van der Waals surface area contributed by atoms with Gasteiger partial charge >= 0.3 is 6.09 Å². The number of nitrogens with zero attached hydrogens (tertiary/aromatic N) is 2. The summed E-state index contributed by atoms with van der Waals surface area (Å²) in [6.45, 7) is 5.20. The molecule has 0 radical (unpaired) electrons. The van der Waals surface area contributed by atoms with E-state index in [1.165, 1.54) is 0 Å². The van der Waals surface area contributed by atoms with Crippen molar-refractivity contribution < 1.29 is 9.53 Å². The van der Waals surface area contributed by atoms with Crippen LogP contribution in [0.4, 0.5) is 4.79 Å². The number of ether oxygens (including phenoxy) is 1. The second-order valence-corrected chi connectivity index (χ2v) is 4.65. The third-order valence-corrected chi connectivity index (χ3v) is 3.12.